The number of ether oxygens (including phenoxy) is 1. The molecule has 1 aromatic carbocycles. The van der Waals surface area contributed by atoms with E-state index in [4.69, 9.17) is 21.4 Å². The van der Waals surface area contributed by atoms with E-state index < -0.39 is 42.6 Å². The molecule has 3 rings (SSSR count). The van der Waals surface area contributed by atoms with E-state index in [2.05, 4.69) is 40.2 Å². The van der Waals surface area contributed by atoms with Gasteiger partial charge in [0.1, 0.15) is 18.8 Å². The first kappa shape index (κ1) is 37.2. The zero-order valence-corrected chi connectivity index (χ0v) is 26.1. The molecule has 3 amide bonds. The van der Waals surface area contributed by atoms with E-state index in [9.17, 15) is 27.6 Å². The van der Waals surface area contributed by atoms with Gasteiger partial charge in [-0.05, 0) is 43.3 Å². The number of aliphatic hydroxyl groups excluding tert-OH is 1. The molecule has 16 heteroatoms. The zero-order valence-electron chi connectivity index (χ0n) is 25.3. The Morgan fingerprint density at radius 2 is 1.82 bits per heavy atom. The normalized spacial score (nSPS) is 15.5. The van der Waals surface area contributed by atoms with Crippen molar-refractivity contribution in [3.8, 4) is 0 Å². The van der Waals surface area contributed by atoms with Crippen LogP contribution in [0.2, 0.25) is 5.02 Å². The average Bonchev–Trinajstić information content (AvgIpc) is 3.03. The molecule has 0 atom stereocenters. The van der Waals surface area contributed by atoms with Gasteiger partial charge in [-0.2, -0.15) is 18.3 Å². The fourth-order valence-corrected chi connectivity index (χ4v) is 4.70. The summed E-state index contributed by atoms with van der Waals surface area (Å²) in [5.41, 5.74) is 1.14. The molecule has 0 radical (unpaired) electrons. The summed E-state index contributed by atoms with van der Waals surface area (Å²) in [6.45, 7) is 11.0. The van der Waals surface area contributed by atoms with Gasteiger partial charge in [-0.15, -0.1) is 0 Å². The first-order valence-electron chi connectivity index (χ1n) is 14.1. The number of nitrogens with zero attached hydrogens (tertiary/aromatic N) is 5. The van der Waals surface area contributed by atoms with Crippen LogP contribution in [-0.2, 0) is 25.3 Å². The lowest BCUT2D eigenvalue weighted by Crippen LogP contribution is -2.51. The standard InChI is InChI=1S/C22H28ClF3N6O4.C7H11NO/c1-4-16(27-2)20(31-9-7-30(8-10-31)19(35)13-33)21(36)32(28-3)12-18(34)29-17-6-5-14(11-15(17)23)22(24,25)26;1-8-6-7-2-4-9-5-3-7/h5-6,11,27,33H,3-4,7-10,12-13H2,1-2H3,(H,29,34);2H,1,3-6H2/b20-16+;. The number of rotatable bonds is 11. The summed E-state index contributed by atoms with van der Waals surface area (Å²) < 4.78 is 43.6. The molecule has 0 spiro atoms. The second kappa shape index (κ2) is 18.1. The Morgan fingerprint density at radius 3 is 2.31 bits per heavy atom. The molecule has 0 bridgehead atoms. The lowest BCUT2D eigenvalue weighted by Gasteiger charge is -2.38. The maximum atomic E-state index is 13.4. The van der Waals surface area contributed by atoms with Crippen LogP contribution in [0, 0.1) is 0 Å². The van der Waals surface area contributed by atoms with Crippen LogP contribution in [0.1, 0.15) is 25.3 Å². The zero-order chi connectivity index (χ0) is 33.6. The molecule has 12 nitrogen and oxygen atoms in total. The van der Waals surface area contributed by atoms with Crippen molar-refractivity contribution in [2.45, 2.75) is 25.9 Å². The number of hydrogen-bond acceptors (Lipinski definition) is 9. The molecule has 3 N–H and O–H groups in total. The Balaban J connectivity index is 0.000000669. The molecule has 0 aliphatic carbocycles. The molecule has 2 aliphatic rings. The SMILES string of the molecule is C=NCC1=CCOCC1.C=NN(CC(=O)Nc1ccc(C(F)(F)F)cc1Cl)C(=O)/C(=C(/CC)NC)N1CCN(C(=O)CO)CC1. The van der Waals surface area contributed by atoms with Gasteiger partial charge in [-0.3, -0.25) is 19.4 Å². The molecule has 2 aliphatic heterocycles. The first-order chi connectivity index (χ1) is 21.4. The number of allylic oxidation sites excluding steroid dienone is 1. The summed E-state index contributed by atoms with van der Waals surface area (Å²) in [6, 6.07) is 2.48. The molecule has 1 aromatic rings. The van der Waals surface area contributed by atoms with Gasteiger partial charge in [0.05, 0.1) is 36.0 Å². The van der Waals surface area contributed by atoms with Crippen LogP contribution in [0.25, 0.3) is 0 Å². The monoisotopic (exact) mass is 657 g/mol. The Hall–Kier alpha value is -3.95. The third kappa shape index (κ3) is 11.2. The smallest absolute Gasteiger partial charge is 0.390 e. The Bertz CT molecular complexity index is 1280. The molecular weight excluding hydrogens is 619 g/mol. The summed E-state index contributed by atoms with van der Waals surface area (Å²) in [4.78, 5) is 44.8. The van der Waals surface area contributed by atoms with E-state index >= 15 is 0 Å². The van der Waals surface area contributed by atoms with Crippen molar-refractivity contribution in [2.75, 3.05) is 71.5 Å². The minimum atomic E-state index is -4.59. The third-order valence-electron chi connectivity index (χ3n) is 6.87. The fraction of sp³-hybridized carbons (Fsp3) is 0.483. The number of aliphatic hydroxyl groups is 1. The molecule has 0 saturated carbocycles. The number of nitrogens with one attached hydrogen (secondary N) is 2. The van der Waals surface area contributed by atoms with Gasteiger partial charge >= 0.3 is 6.18 Å². The molecular formula is C29H39ClF3N7O5. The predicted molar refractivity (Wildman–Crippen MR) is 166 cm³/mol. The molecule has 2 heterocycles. The number of piperazine rings is 1. The van der Waals surface area contributed by atoms with Crippen molar-refractivity contribution in [2.24, 2.45) is 10.1 Å². The molecule has 0 unspecified atom stereocenters. The molecule has 45 heavy (non-hydrogen) atoms. The lowest BCUT2D eigenvalue weighted by molar-refractivity contribution is -0.138. The van der Waals surface area contributed by atoms with Gasteiger partial charge in [-0.25, -0.2) is 5.01 Å². The highest BCUT2D eigenvalue weighted by molar-refractivity contribution is 6.33. The van der Waals surface area contributed by atoms with Crippen molar-refractivity contribution in [3.05, 3.63) is 51.8 Å². The second-order valence-corrected chi connectivity index (χ2v) is 10.2. The lowest BCUT2D eigenvalue weighted by atomic mass is 10.1. The van der Waals surface area contributed by atoms with Crippen LogP contribution in [0.5, 0.6) is 0 Å². The van der Waals surface area contributed by atoms with Crippen LogP contribution >= 0.6 is 11.6 Å². The van der Waals surface area contributed by atoms with E-state index in [0.29, 0.717) is 31.3 Å². The number of carbonyl (C=O) groups is 3. The molecule has 1 saturated heterocycles. The number of halogens is 4. The van der Waals surface area contributed by atoms with Gasteiger partial charge in [0.15, 0.2) is 0 Å². The van der Waals surface area contributed by atoms with Crippen molar-refractivity contribution < 1.29 is 37.4 Å². The van der Waals surface area contributed by atoms with Gasteiger partial charge in [0.25, 0.3) is 5.91 Å². The van der Waals surface area contributed by atoms with Gasteiger partial charge in [0.2, 0.25) is 11.8 Å². The number of aliphatic imine (C=N–C) groups is 1. The molecule has 1 fully saturated rings. The number of hydrazone groups is 1. The van der Waals surface area contributed by atoms with Crippen LogP contribution in [0.3, 0.4) is 0 Å². The van der Waals surface area contributed by atoms with Crippen molar-refractivity contribution in [3.63, 3.8) is 0 Å². The van der Waals surface area contributed by atoms with Gasteiger partial charge in [-0.1, -0.05) is 24.6 Å². The van der Waals surface area contributed by atoms with Crippen molar-refractivity contribution >= 4 is 48.4 Å². The highest BCUT2D eigenvalue weighted by Gasteiger charge is 2.32. The summed E-state index contributed by atoms with van der Waals surface area (Å²) in [5, 5.41) is 18.6. The second-order valence-electron chi connectivity index (χ2n) is 9.77. The van der Waals surface area contributed by atoms with E-state index in [1.807, 2.05) is 6.92 Å². The average molecular weight is 658 g/mol. The topological polar surface area (TPSA) is 139 Å². The minimum absolute atomic E-state index is 0.0592. The summed E-state index contributed by atoms with van der Waals surface area (Å²) in [5.74, 6) is -1.80. The molecule has 248 valence electrons. The summed E-state index contributed by atoms with van der Waals surface area (Å²) in [7, 11) is 1.64. The van der Waals surface area contributed by atoms with Crippen LogP contribution in [-0.4, -0.2) is 117 Å². The van der Waals surface area contributed by atoms with Crippen molar-refractivity contribution in [1.29, 1.82) is 0 Å². The predicted octanol–water partition coefficient (Wildman–Crippen LogP) is 2.75. The summed E-state index contributed by atoms with van der Waals surface area (Å²) in [6.07, 6.45) is -1.03. The Morgan fingerprint density at radius 1 is 1.16 bits per heavy atom. The van der Waals surface area contributed by atoms with E-state index in [1.54, 1.807) is 11.9 Å². The fourth-order valence-electron chi connectivity index (χ4n) is 4.48. The number of anilines is 1. The Kier molecular flexibility index (Phi) is 15.0. The Labute approximate surface area is 265 Å². The van der Waals surface area contributed by atoms with E-state index in [-0.39, 0.29) is 29.5 Å². The summed E-state index contributed by atoms with van der Waals surface area (Å²) >= 11 is 5.89. The number of hydrogen-bond donors (Lipinski definition) is 3. The minimum Gasteiger partial charge on any atom is -0.390 e. The third-order valence-corrected chi connectivity index (χ3v) is 7.18. The van der Waals surface area contributed by atoms with Gasteiger partial charge in [0, 0.05) is 45.6 Å². The first-order valence-corrected chi connectivity index (χ1v) is 14.5. The van der Waals surface area contributed by atoms with Crippen molar-refractivity contribution in [1.82, 2.24) is 20.1 Å². The van der Waals surface area contributed by atoms with E-state index in [1.165, 1.54) is 10.5 Å². The maximum absolute atomic E-state index is 13.4. The van der Waals surface area contributed by atoms with Crippen LogP contribution < -0.4 is 10.6 Å². The van der Waals surface area contributed by atoms with E-state index in [0.717, 1.165) is 43.3 Å². The number of amides is 3. The highest BCUT2D eigenvalue weighted by Crippen LogP contribution is 2.33. The van der Waals surface area contributed by atoms with Gasteiger partial charge < -0.3 is 30.3 Å². The highest BCUT2D eigenvalue weighted by atomic mass is 35.5. The number of alkyl halides is 3. The maximum Gasteiger partial charge on any atom is 0.416 e. The van der Waals surface area contributed by atoms with Crippen LogP contribution in [0.4, 0.5) is 18.9 Å². The molecule has 0 aromatic heterocycles. The van der Waals surface area contributed by atoms with Crippen LogP contribution in [0.15, 0.2) is 51.3 Å². The largest absolute Gasteiger partial charge is 0.416 e. The number of benzene rings is 1. The number of carbonyl (C=O) groups excluding carboxylic acids is 3. The quantitative estimate of drug-likeness (QED) is 0.144.